The first-order valence-corrected chi connectivity index (χ1v) is 4.74. The second kappa shape index (κ2) is 46.7. The maximum Gasteiger partial charge on any atom is 0.328 e. The van der Waals surface area contributed by atoms with E-state index in [1.54, 1.807) is 12.2 Å². The van der Waals surface area contributed by atoms with Crippen molar-refractivity contribution in [2.75, 3.05) is 0 Å². The van der Waals surface area contributed by atoms with Crippen molar-refractivity contribution in [2.45, 2.75) is 13.8 Å². The average Bonchev–Trinajstić information content (AvgIpc) is 2.34. The predicted octanol–water partition coefficient (Wildman–Crippen LogP) is 3.70. The van der Waals surface area contributed by atoms with Gasteiger partial charge in [0.25, 0.3) is 0 Å². The summed E-state index contributed by atoms with van der Waals surface area (Å²) in [5.41, 5.74) is 0. The molecule has 0 unspecified atom stereocenters. The van der Waals surface area contributed by atoms with Crippen LogP contribution in [0.15, 0.2) is 63.8 Å². The fourth-order valence-electron chi connectivity index (χ4n) is 0.143. The third-order valence-corrected chi connectivity index (χ3v) is 0.368. The Morgan fingerprint density at radius 3 is 0.944 bits per heavy atom. The molecule has 0 aromatic carbocycles. The first-order chi connectivity index (χ1) is 8.45. The minimum absolute atomic E-state index is 0.558. The number of hydrogen-bond donors (Lipinski definition) is 2. The first-order valence-electron chi connectivity index (χ1n) is 4.74. The lowest BCUT2D eigenvalue weighted by atomic mass is 10.5. The number of rotatable bonds is 2. The molecular formula is C14H24O4. The van der Waals surface area contributed by atoms with E-state index in [-0.39, 0.29) is 0 Å². The molecule has 0 aliphatic rings. The molecule has 0 aliphatic heterocycles. The van der Waals surface area contributed by atoms with E-state index < -0.39 is 11.9 Å². The molecule has 0 spiro atoms. The lowest BCUT2D eigenvalue weighted by Crippen LogP contribution is -1.91. The summed E-state index contributed by atoms with van der Waals surface area (Å²) in [5.74, 6) is -2.51. The van der Waals surface area contributed by atoms with Crippen LogP contribution < -0.4 is 0 Å². The fourth-order valence-corrected chi connectivity index (χ4v) is 0.143. The molecular weight excluding hydrogens is 232 g/mol. The van der Waals surface area contributed by atoms with Gasteiger partial charge in [0.1, 0.15) is 0 Å². The summed E-state index contributed by atoms with van der Waals surface area (Å²) in [6, 6.07) is 0. The SMILES string of the molecule is C=C.C=C.C=CC.C=CC.O=C(O)C=CC(=O)O. The molecule has 0 atom stereocenters. The summed E-state index contributed by atoms with van der Waals surface area (Å²) in [7, 11) is 0. The minimum atomic E-state index is -1.26. The fraction of sp³-hybridized carbons (Fsp3) is 0.143. The van der Waals surface area contributed by atoms with Crippen LogP contribution in [0.25, 0.3) is 0 Å². The molecule has 0 rings (SSSR count). The lowest BCUT2D eigenvalue weighted by molar-refractivity contribution is -0.134. The summed E-state index contributed by atoms with van der Waals surface area (Å²) >= 11 is 0. The van der Waals surface area contributed by atoms with E-state index in [1.807, 2.05) is 13.8 Å². The molecule has 4 nitrogen and oxygen atoms in total. The van der Waals surface area contributed by atoms with E-state index in [0.717, 1.165) is 0 Å². The Kier molecular flexibility index (Phi) is 76.8. The molecule has 0 aromatic rings. The van der Waals surface area contributed by atoms with Gasteiger partial charge in [-0.2, -0.15) is 0 Å². The molecule has 0 radical (unpaired) electrons. The summed E-state index contributed by atoms with van der Waals surface area (Å²) in [6.07, 6.45) is 4.62. The molecule has 2 N–H and O–H groups in total. The maximum atomic E-state index is 9.55. The van der Waals surface area contributed by atoms with E-state index in [0.29, 0.717) is 12.2 Å². The van der Waals surface area contributed by atoms with Crippen LogP contribution in [0.5, 0.6) is 0 Å². The number of carboxylic acid groups (broad SMARTS) is 2. The Labute approximate surface area is 110 Å². The maximum absolute atomic E-state index is 9.55. The van der Waals surface area contributed by atoms with Crippen LogP contribution in [0.1, 0.15) is 13.8 Å². The van der Waals surface area contributed by atoms with Crippen molar-refractivity contribution in [3.63, 3.8) is 0 Å². The zero-order valence-corrected chi connectivity index (χ0v) is 11.3. The molecule has 0 saturated carbocycles. The quantitative estimate of drug-likeness (QED) is 0.583. The first kappa shape index (κ1) is 29.6. The number of aliphatic carboxylic acids is 2. The van der Waals surface area contributed by atoms with Crippen LogP contribution in [0.3, 0.4) is 0 Å². The molecule has 104 valence electrons. The third kappa shape index (κ3) is 313. The molecule has 0 aromatic heterocycles. The van der Waals surface area contributed by atoms with E-state index in [4.69, 9.17) is 10.2 Å². The van der Waals surface area contributed by atoms with Crippen molar-refractivity contribution in [1.29, 1.82) is 0 Å². The zero-order chi connectivity index (χ0) is 16.0. The lowest BCUT2D eigenvalue weighted by Gasteiger charge is -1.74. The molecule has 0 saturated heterocycles. The topological polar surface area (TPSA) is 74.6 Å². The third-order valence-electron chi connectivity index (χ3n) is 0.368. The molecule has 0 bridgehead atoms. The highest BCUT2D eigenvalue weighted by atomic mass is 16.4. The summed E-state index contributed by atoms with van der Waals surface area (Å²) in [4.78, 5) is 19.1. The van der Waals surface area contributed by atoms with Gasteiger partial charge in [0.15, 0.2) is 0 Å². The Bertz CT molecular complexity index is 206. The second-order valence-corrected chi connectivity index (χ2v) is 1.83. The van der Waals surface area contributed by atoms with Crippen molar-refractivity contribution in [3.05, 3.63) is 63.8 Å². The summed E-state index contributed by atoms with van der Waals surface area (Å²) in [6.45, 7) is 22.5. The van der Waals surface area contributed by atoms with Gasteiger partial charge in [-0.1, -0.05) is 12.2 Å². The smallest absolute Gasteiger partial charge is 0.328 e. The number of allylic oxidation sites excluding steroid dienone is 2. The van der Waals surface area contributed by atoms with Crippen LogP contribution in [-0.4, -0.2) is 22.2 Å². The normalized spacial score (nSPS) is 6.11. The van der Waals surface area contributed by atoms with Gasteiger partial charge in [-0.15, -0.1) is 39.5 Å². The van der Waals surface area contributed by atoms with E-state index >= 15 is 0 Å². The molecule has 0 aliphatic carbocycles. The molecule has 4 heteroatoms. The minimum Gasteiger partial charge on any atom is -0.478 e. The summed E-state index contributed by atoms with van der Waals surface area (Å²) in [5, 5.41) is 15.6. The van der Waals surface area contributed by atoms with Crippen LogP contribution in [0.2, 0.25) is 0 Å². The number of carboxylic acids is 2. The highest BCUT2D eigenvalue weighted by molar-refractivity contribution is 5.89. The summed E-state index contributed by atoms with van der Waals surface area (Å²) < 4.78 is 0. The van der Waals surface area contributed by atoms with Crippen molar-refractivity contribution >= 4 is 11.9 Å². The Balaban J connectivity index is -0.0000000473. The van der Waals surface area contributed by atoms with Crippen molar-refractivity contribution < 1.29 is 19.8 Å². The number of hydrogen-bond acceptors (Lipinski definition) is 2. The van der Waals surface area contributed by atoms with Gasteiger partial charge in [-0.05, 0) is 13.8 Å². The van der Waals surface area contributed by atoms with Crippen molar-refractivity contribution in [2.24, 2.45) is 0 Å². The van der Waals surface area contributed by atoms with E-state index in [1.165, 1.54) is 0 Å². The Hall–Kier alpha value is -2.36. The molecule has 0 fully saturated rings. The van der Waals surface area contributed by atoms with Gasteiger partial charge in [0.2, 0.25) is 0 Å². The van der Waals surface area contributed by atoms with Crippen LogP contribution in [0, 0.1) is 0 Å². The standard InChI is InChI=1S/C4H4O4.2C3H6.2C2H4/c5-3(6)1-2-4(7)8;2*1-3-2;2*1-2/h1-2H,(H,5,6)(H,7,8);2*3H,1H2,2H3;2*1-2H2. The van der Waals surface area contributed by atoms with Gasteiger partial charge in [-0.3, -0.25) is 0 Å². The van der Waals surface area contributed by atoms with E-state index in [9.17, 15) is 9.59 Å². The highest BCUT2D eigenvalue weighted by Gasteiger charge is 1.88. The number of carbonyl (C=O) groups is 2. The molecule has 18 heavy (non-hydrogen) atoms. The Morgan fingerprint density at radius 1 is 0.778 bits per heavy atom. The van der Waals surface area contributed by atoms with Crippen LogP contribution in [0.4, 0.5) is 0 Å². The van der Waals surface area contributed by atoms with Gasteiger partial charge in [0, 0.05) is 12.2 Å². The van der Waals surface area contributed by atoms with Gasteiger partial charge in [-0.25, -0.2) is 9.59 Å². The second-order valence-electron chi connectivity index (χ2n) is 1.83. The van der Waals surface area contributed by atoms with Gasteiger partial charge < -0.3 is 10.2 Å². The van der Waals surface area contributed by atoms with Crippen LogP contribution in [-0.2, 0) is 9.59 Å². The zero-order valence-electron chi connectivity index (χ0n) is 11.3. The van der Waals surface area contributed by atoms with E-state index in [2.05, 4.69) is 39.5 Å². The van der Waals surface area contributed by atoms with Crippen LogP contribution >= 0.6 is 0 Å². The predicted molar refractivity (Wildman–Crippen MR) is 78.7 cm³/mol. The molecule has 0 amide bonds. The average molecular weight is 256 g/mol. The largest absolute Gasteiger partial charge is 0.478 e. The monoisotopic (exact) mass is 256 g/mol. The highest BCUT2D eigenvalue weighted by Crippen LogP contribution is 1.70. The van der Waals surface area contributed by atoms with Gasteiger partial charge in [0.05, 0.1) is 0 Å². The Morgan fingerprint density at radius 2 is 0.889 bits per heavy atom. The van der Waals surface area contributed by atoms with Gasteiger partial charge >= 0.3 is 11.9 Å². The molecule has 0 heterocycles. The van der Waals surface area contributed by atoms with Crippen molar-refractivity contribution in [1.82, 2.24) is 0 Å². The van der Waals surface area contributed by atoms with Crippen molar-refractivity contribution in [3.8, 4) is 0 Å².